The van der Waals surface area contributed by atoms with Crippen molar-refractivity contribution in [3.63, 3.8) is 0 Å². The summed E-state index contributed by atoms with van der Waals surface area (Å²) in [6, 6.07) is 12.0. The van der Waals surface area contributed by atoms with E-state index >= 15 is 0 Å². The Kier molecular flexibility index (Phi) is 4.41. The number of halogens is 2. The predicted octanol–water partition coefficient (Wildman–Crippen LogP) is 3.34. The molecule has 2 aromatic rings. The van der Waals surface area contributed by atoms with Crippen LogP contribution in [-0.4, -0.2) is 8.42 Å². The Morgan fingerprint density at radius 2 is 1.79 bits per heavy atom. The molecule has 0 spiro atoms. The van der Waals surface area contributed by atoms with Crippen molar-refractivity contribution in [1.29, 1.82) is 0 Å². The van der Waals surface area contributed by atoms with Crippen LogP contribution in [0.15, 0.2) is 48.5 Å². The Morgan fingerprint density at radius 3 is 2.42 bits per heavy atom. The minimum atomic E-state index is -3.74. The van der Waals surface area contributed by atoms with Crippen molar-refractivity contribution in [2.24, 2.45) is 0 Å². The van der Waals surface area contributed by atoms with Gasteiger partial charge in [-0.2, -0.15) is 8.42 Å². The van der Waals surface area contributed by atoms with Crippen molar-refractivity contribution in [2.45, 2.75) is 5.75 Å². The number of rotatable bonds is 4. The topological polar surface area (TPSA) is 43.4 Å². The zero-order valence-electron chi connectivity index (χ0n) is 9.71. The van der Waals surface area contributed by atoms with Crippen molar-refractivity contribution >= 4 is 32.7 Å². The lowest BCUT2D eigenvalue weighted by molar-refractivity contribution is 0.485. The zero-order chi connectivity index (χ0) is 13.9. The third-order valence-corrected chi connectivity index (χ3v) is 4.08. The molecule has 0 atom stereocenters. The quantitative estimate of drug-likeness (QED) is 0.592. The van der Waals surface area contributed by atoms with Gasteiger partial charge in [0.15, 0.2) is 0 Å². The van der Waals surface area contributed by atoms with Crippen LogP contribution in [0, 0.1) is 9.39 Å². The van der Waals surface area contributed by atoms with E-state index in [-0.39, 0.29) is 11.5 Å². The van der Waals surface area contributed by atoms with Gasteiger partial charge in [0.05, 0.1) is 0 Å². The molecule has 19 heavy (non-hydrogen) atoms. The second kappa shape index (κ2) is 5.87. The first-order valence-electron chi connectivity index (χ1n) is 5.37. The predicted molar refractivity (Wildman–Crippen MR) is 78.8 cm³/mol. The first-order chi connectivity index (χ1) is 8.94. The van der Waals surface area contributed by atoms with Crippen LogP contribution >= 0.6 is 22.6 Å². The Bertz CT molecular complexity index is 669. The number of hydrogen-bond donors (Lipinski definition) is 0. The SMILES string of the molecule is O=S(=O)(Cc1ccc(F)cc1)Oc1cccc(I)c1. The van der Waals surface area contributed by atoms with Gasteiger partial charge < -0.3 is 4.18 Å². The molecular weight excluding hydrogens is 382 g/mol. The Hall–Kier alpha value is -1.15. The highest BCUT2D eigenvalue weighted by atomic mass is 127. The van der Waals surface area contributed by atoms with Gasteiger partial charge in [0.25, 0.3) is 0 Å². The fourth-order valence-corrected chi connectivity index (χ4v) is 3.05. The van der Waals surface area contributed by atoms with Crippen LogP contribution in [-0.2, 0) is 15.9 Å². The van der Waals surface area contributed by atoms with Crippen LogP contribution in [0.4, 0.5) is 4.39 Å². The molecule has 0 N–H and O–H groups in total. The molecule has 0 fully saturated rings. The molecule has 0 saturated carbocycles. The molecule has 100 valence electrons. The fourth-order valence-electron chi connectivity index (χ4n) is 1.48. The van der Waals surface area contributed by atoms with E-state index in [1.165, 1.54) is 24.3 Å². The summed E-state index contributed by atoms with van der Waals surface area (Å²) in [6.07, 6.45) is 0. The minimum absolute atomic E-state index is 0.272. The summed E-state index contributed by atoms with van der Waals surface area (Å²) in [7, 11) is -3.74. The maximum absolute atomic E-state index is 12.7. The van der Waals surface area contributed by atoms with Gasteiger partial charge in [-0.25, -0.2) is 4.39 Å². The molecule has 2 rings (SSSR count). The minimum Gasteiger partial charge on any atom is -0.382 e. The van der Waals surface area contributed by atoms with Gasteiger partial charge >= 0.3 is 10.1 Å². The lowest BCUT2D eigenvalue weighted by Crippen LogP contribution is -2.12. The first kappa shape index (κ1) is 14.3. The van der Waals surface area contributed by atoms with Gasteiger partial charge in [-0.15, -0.1) is 0 Å². The standard InChI is InChI=1S/C13H10FIO3S/c14-11-6-4-10(5-7-11)9-19(16,17)18-13-3-1-2-12(15)8-13/h1-8H,9H2. The normalized spacial score (nSPS) is 11.3. The highest BCUT2D eigenvalue weighted by molar-refractivity contribution is 14.1. The second-order valence-corrected chi connectivity index (χ2v) is 6.69. The summed E-state index contributed by atoms with van der Waals surface area (Å²) < 4.78 is 42.3. The van der Waals surface area contributed by atoms with E-state index < -0.39 is 15.9 Å². The average molecular weight is 392 g/mol. The van der Waals surface area contributed by atoms with E-state index in [2.05, 4.69) is 22.6 Å². The average Bonchev–Trinajstić information content (AvgIpc) is 2.31. The Labute approximate surface area is 124 Å². The molecule has 0 aliphatic rings. The smallest absolute Gasteiger partial charge is 0.313 e. The molecule has 0 unspecified atom stereocenters. The van der Waals surface area contributed by atoms with E-state index in [9.17, 15) is 12.8 Å². The fraction of sp³-hybridized carbons (Fsp3) is 0.0769. The molecule has 6 heteroatoms. The van der Waals surface area contributed by atoms with E-state index in [0.29, 0.717) is 5.56 Å². The molecule has 0 bridgehead atoms. The molecule has 0 aliphatic heterocycles. The van der Waals surface area contributed by atoms with Crippen LogP contribution in [0.5, 0.6) is 5.75 Å². The van der Waals surface area contributed by atoms with E-state index in [1.54, 1.807) is 18.2 Å². The van der Waals surface area contributed by atoms with Crippen LogP contribution in [0.3, 0.4) is 0 Å². The Morgan fingerprint density at radius 1 is 1.11 bits per heavy atom. The Balaban J connectivity index is 2.13. The van der Waals surface area contributed by atoms with Crippen LogP contribution in [0.25, 0.3) is 0 Å². The van der Waals surface area contributed by atoms with E-state index in [4.69, 9.17) is 4.18 Å². The molecule has 0 radical (unpaired) electrons. The van der Waals surface area contributed by atoms with E-state index in [1.807, 2.05) is 6.07 Å². The largest absolute Gasteiger partial charge is 0.382 e. The van der Waals surface area contributed by atoms with E-state index in [0.717, 1.165) is 3.57 Å². The van der Waals surface area contributed by atoms with Crippen molar-refractivity contribution in [3.05, 3.63) is 63.5 Å². The van der Waals surface area contributed by atoms with Crippen LogP contribution in [0.2, 0.25) is 0 Å². The van der Waals surface area contributed by atoms with Gasteiger partial charge in [0.2, 0.25) is 0 Å². The third kappa shape index (κ3) is 4.46. The maximum Gasteiger partial charge on any atom is 0.313 e. The first-order valence-corrected chi connectivity index (χ1v) is 8.02. The maximum atomic E-state index is 12.7. The van der Waals surface area contributed by atoms with Crippen molar-refractivity contribution < 1.29 is 17.0 Å². The molecule has 3 nitrogen and oxygen atoms in total. The van der Waals surface area contributed by atoms with Crippen LogP contribution in [0.1, 0.15) is 5.56 Å². The molecule has 0 aromatic heterocycles. The molecule has 0 heterocycles. The summed E-state index contributed by atoms with van der Waals surface area (Å²) in [5, 5.41) is 0. The summed E-state index contributed by atoms with van der Waals surface area (Å²) >= 11 is 2.07. The van der Waals surface area contributed by atoms with Gasteiger partial charge in [-0.1, -0.05) is 18.2 Å². The summed E-state index contributed by atoms with van der Waals surface area (Å²) in [5.74, 6) is -0.424. The van der Waals surface area contributed by atoms with Crippen molar-refractivity contribution in [1.82, 2.24) is 0 Å². The lowest BCUT2D eigenvalue weighted by atomic mass is 10.2. The molecule has 0 aliphatic carbocycles. The summed E-state index contributed by atoms with van der Waals surface area (Å²) in [6.45, 7) is 0. The molecule has 0 saturated heterocycles. The van der Waals surface area contributed by atoms with Gasteiger partial charge in [-0.3, -0.25) is 0 Å². The third-order valence-electron chi connectivity index (χ3n) is 2.28. The van der Waals surface area contributed by atoms with Crippen molar-refractivity contribution in [3.8, 4) is 5.75 Å². The van der Waals surface area contributed by atoms with Gasteiger partial charge in [0.1, 0.15) is 17.3 Å². The van der Waals surface area contributed by atoms with Gasteiger partial charge in [-0.05, 0) is 58.5 Å². The summed E-state index contributed by atoms with van der Waals surface area (Å²) in [5.41, 5.74) is 0.479. The highest BCUT2D eigenvalue weighted by Crippen LogP contribution is 2.18. The summed E-state index contributed by atoms with van der Waals surface area (Å²) in [4.78, 5) is 0. The van der Waals surface area contributed by atoms with Crippen LogP contribution < -0.4 is 4.18 Å². The van der Waals surface area contributed by atoms with Gasteiger partial charge in [0, 0.05) is 3.57 Å². The number of hydrogen-bond acceptors (Lipinski definition) is 3. The molecule has 2 aromatic carbocycles. The molecule has 0 amide bonds. The molecular formula is C13H10FIO3S. The second-order valence-electron chi connectivity index (χ2n) is 3.87. The number of benzene rings is 2. The zero-order valence-corrected chi connectivity index (χ0v) is 12.7. The monoisotopic (exact) mass is 392 g/mol. The highest BCUT2D eigenvalue weighted by Gasteiger charge is 2.14. The lowest BCUT2D eigenvalue weighted by Gasteiger charge is -2.07. The van der Waals surface area contributed by atoms with Crippen molar-refractivity contribution in [2.75, 3.05) is 0 Å².